The molecule has 9 N–H and O–H groups in total. The van der Waals surface area contributed by atoms with E-state index in [4.69, 9.17) is 17.2 Å². The first-order chi connectivity index (χ1) is 10.2. The Kier molecular flexibility index (Phi) is 39.1. The normalized spacial score (nSPS) is 9.43. The number of hydrogen-bond donors (Lipinski definition) is 6. The van der Waals surface area contributed by atoms with Gasteiger partial charge in [0, 0.05) is 39.3 Å². The summed E-state index contributed by atoms with van der Waals surface area (Å²) >= 11 is 0. The van der Waals surface area contributed by atoms with Crippen molar-refractivity contribution in [1.29, 1.82) is 0 Å². The maximum Gasteiger partial charge on any atom is 0.00750 e. The molecule has 0 spiro atoms. The predicted octanol–water partition coefficient (Wildman–Crippen LogP) is -0.166. The van der Waals surface area contributed by atoms with Crippen LogP contribution >= 0.6 is 0 Å². The lowest BCUT2D eigenvalue weighted by molar-refractivity contribution is 0.662. The molecule has 0 rings (SSSR count). The lowest BCUT2D eigenvalue weighted by atomic mass is 10.4. The summed E-state index contributed by atoms with van der Waals surface area (Å²) in [4.78, 5) is 0. The monoisotopic (exact) mass is 306 g/mol. The van der Waals surface area contributed by atoms with Gasteiger partial charge in [0.15, 0.2) is 0 Å². The lowest BCUT2D eigenvalue weighted by Crippen LogP contribution is -2.27. The Hall–Kier alpha value is -0.240. The smallest absolute Gasteiger partial charge is 0.00750 e. The Morgan fingerprint density at radius 1 is 0.476 bits per heavy atom. The van der Waals surface area contributed by atoms with Crippen LogP contribution in [0.2, 0.25) is 0 Å². The van der Waals surface area contributed by atoms with Crippen molar-refractivity contribution in [3.05, 3.63) is 0 Å². The Bertz CT molecular complexity index is 99.6. The topological polar surface area (TPSA) is 114 Å². The molecule has 0 aliphatic heterocycles. The zero-order valence-electron chi connectivity index (χ0n) is 14.7. The highest BCUT2D eigenvalue weighted by atomic mass is 14.9. The third-order valence-corrected chi connectivity index (χ3v) is 2.24. The molecule has 0 amide bonds. The highest BCUT2D eigenvalue weighted by Crippen LogP contribution is 1.71. The third-order valence-electron chi connectivity index (χ3n) is 2.24. The van der Waals surface area contributed by atoms with Gasteiger partial charge in [-0.15, -0.1) is 0 Å². The molecule has 0 saturated carbocycles. The fourth-order valence-corrected chi connectivity index (χ4v) is 1.21. The lowest BCUT2D eigenvalue weighted by Gasteiger charge is -1.95. The molecule has 0 atom stereocenters. The molecule has 21 heavy (non-hydrogen) atoms. The van der Waals surface area contributed by atoms with Crippen LogP contribution in [-0.2, 0) is 0 Å². The molecule has 0 saturated heterocycles. The third kappa shape index (κ3) is 45.1. The number of nitrogens with one attached hydrogen (secondary N) is 3. The minimum Gasteiger partial charge on any atom is -0.329 e. The average Bonchev–Trinajstić information content (AvgIpc) is 2.50. The summed E-state index contributed by atoms with van der Waals surface area (Å²) in [6.07, 6.45) is 3.69. The molecule has 0 bridgehead atoms. The first kappa shape index (κ1) is 25.7. The summed E-state index contributed by atoms with van der Waals surface area (Å²) < 4.78 is 0. The van der Waals surface area contributed by atoms with Gasteiger partial charge in [-0.2, -0.15) is 0 Å². The van der Waals surface area contributed by atoms with Gasteiger partial charge in [-0.05, 0) is 38.9 Å². The number of hydrogen-bond acceptors (Lipinski definition) is 6. The SMILES string of the molecule is CCCNCCC.CCCNCCN.NCCNCCN. The van der Waals surface area contributed by atoms with E-state index in [2.05, 4.69) is 36.7 Å². The van der Waals surface area contributed by atoms with Gasteiger partial charge in [-0.25, -0.2) is 0 Å². The van der Waals surface area contributed by atoms with Crippen LogP contribution in [0.5, 0.6) is 0 Å². The first-order valence-electron chi connectivity index (χ1n) is 8.47. The average molecular weight is 307 g/mol. The number of rotatable bonds is 12. The van der Waals surface area contributed by atoms with Gasteiger partial charge >= 0.3 is 0 Å². The molecule has 6 nitrogen and oxygen atoms in total. The van der Waals surface area contributed by atoms with Crippen molar-refractivity contribution in [2.45, 2.75) is 40.0 Å². The van der Waals surface area contributed by atoms with E-state index in [0.717, 1.165) is 32.7 Å². The van der Waals surface area contributed by atoms with Crippen LogP contribution in [0.15, 0.2) is 0 Å². The maximum absolute atomic E-state index is 5.21. The van der Waals surface area contributed by atoms with Crippen molar-refractivity contribution in [3.63, 3.8) is 0 Å². The first-order valence-corrected chi connectivity index (χ1v) is 8.47. The minimum atomic E-state index is 0.694. The molecule has 0 unspecified atom stereocenters. The molecule has 0 aromatic heterocycles. The summed E-state index contributed by atoms with van der Waals surface area (Å²) in [7, 11) is 0. The zero-order valence-corrected chi connectivity index (χ0v) is 14.7. The van der Waals surface area contributed by atoms with Gasteiger partial charge in [0.05, 0.1) is 0 Å². The quantitative estimate of drug-likeness (QED) is 0.279. The fraction of sp³-hybridized carbons (Fsp3) is 1.00. The van der Waals surface area contributed by atoms with Crippen molar-refractivity contribution in [2.75, 3.05) is 58.9 Å². The van der Waals surface area contributed by atoms with Gasteiger partial charge in [-0.1, -0.05) is 20.8 Å². The largest absolute Gasteiger partial charge is 0.329 e. The second-order valence-corrected chi connectivity index (χ2v) is 4.62. The number of nitrogens with two attached hydrogens (primary N) is 3. The zero-order chi connectivity index (χ0) is 16.6. The van der Waals surface area contributed by atoms with E-state index in [1.165, 1.54) is 32.4 Å². The highest BCUT2D eigenvalue weighted by molar-refractivity contribution is 4.45. The fourth-order valence-electron chi connectivity index (χ4n) is 1.21. The van der Waals surface area contributed by atoms with Crippen molar-refractivity contribution < 1.29 is 0 Å². The van der Waals surface area contributed by atoms with Crippen LogP contribution in [-0.4, -0.2) is 58.9 Å². The van der Waals surface area contributed by atoms with Crippen molar-refractivity contribution in [3.8, 4) is 0 Å². The molecule has 0 aliphatic carbocycles. The standard InChI is InChI=1S/C6H15N.C5H14N2.C4H13N3/c1-3-5-7-6-4-2;1-2-4-7-5-3-6;5-1-3-7-4-2-6/h7H,3-6H2,1-2H3;7H,2-6H2,1H3;7H,1-6H2. The summed E-state index contributed by atoms with van der Waals surface area (Å²) in [5, 5.41) is 9.48. The molecule has 132 valence electrons. The Morgan fingerprint density at radius 3 is 0.952 bits per heavy atom. The Labute approximate surface area is 133 Å². The molecule has 0 radical (unpaired) electrons. The van der Waals surface area contributed by atoms with Gasteiger partial charge in [-0.3, -0.25) is 0 Å². The van der Waals surface area contributed by atoms with Crippen molar-refractivity contribution >= 4 is 0 Å². The van der Waals surface area contributed by atoms with Gasteiger partial charge in [0.2, 0.25) is 0 Å². The van der Waals surface area contributed by atoms with E-state index >= 15 is 0 Å². The Morgan fingerprint density at radius 2 is 0.714 bits per heavy atom. The predicted molar refractivity (Wildman–Crippen MR) is 96.6 cm³/mol. The van der Waals surface area contributed by atoms with Crippen molar-refractivity contribution in [1.82, 2.24) is 16.0 Å². The van der Waals surface area contributed by atoms with Gasteiger partial charge in [0.25, 0.3) is 0 Å². The maximum atomic E-state index is 5.21. The van der Waals surface area contributed by atoms with E-state index in [0.29, 0.717) is 13.1 Å². The minimum absolute atomic E-state index is 0.694. The van der Waals surface area contributed by atoms with Crippen molar-refractivity contribution in [2.24, 2.45) is 17.2 Å². The van der Waals surface area contributed by atoms with E-state index in [9.17, 15) is 0 Å². The summed E-state index contributed by atoms with van der Waals surface area (Å²) in [6, 6.07) is 0. The van der Waals surface area contributed by atoms with Crippen LogP contribution in [0.4, 0.5) is 0 Å². The van der Waals surface area contributed by atoms with E-state index in [-0.39, 0.29) is 0 Å². The molecule has 0 aliphatic rings. The molecule has 0 aromatic rings. The van der Waals surface area contributed by atoms with E-state index in [1.54, 1.807) is 0 Å². The molecule has 0 aromatic carbocycles. The van der Waals surface area contributed by atoms with Crippen LogP contribution < -0.4 is 33.2 Å². The van der Waals surface area contributed by atoms with Crippen LogP contribution in [0.3, 0.4) is 0 Å². The van der Waals surface area contributed by atoms with E-state index in [1.807, 2.05) is 0 Å². The van der Waals surface area contributed by atoms with Crippen LogP contribution in [0.25, 0.3) is 0 Å². The molecular weight excluding hydrogens is 264 g/mol. The second-order valence-electron chi connectivity index (χ2n) is 4.62. The summed E-state index contributed by atoms with van der Waals surface area (Å²) in [6.45, 7) is 14.8. The second kappa shape index (κ2) is 31.9. The molecular formula is C15H42N6. The summed E-state index contributed by atoms with van der Waals surface area (Å²) in [5.41, 5.74) is 15.5. The van der Waals surface area contributed by atoms with Gasteiger partial charge in [0.1, 0.15) is 0 Å². The highest BCUT2D eigenvalue weighted by Gasteiger charge is 1.77. The van der Waals surface area contributed by atoms with Crippen LogP contribution in [0, 0.1) is 0 Å². The van der Waals surface area contributed by atoms with Crippen LogP contribution in [0.1, 0.15) is 40.0 Å². The molecule has 0 heterocycles. The molecule has 0 fully saturated rings. The van der Waals surface area contributed by atoms with E-state index < -0.39 is 0 Å². The van der Waals surface area contributed by atoms with Gasteiger partial charge < -0.3 is 33.2 Å². The Balaban J connectivity index is -0.000000231. The summed E-state index contributed by atoms with van der Waals surface area (Å²) in [5.74, 6) is 0. The molecule has 6 heteroatoms.